The largest absolute Gasteiger partial charge is 0.454 e. The smallest absolute Gasteiger partial charge is 0.267 e. The summed E-state index contributed by atoms with van der Waals surface area (Å²) in [6, 6.07) is 14.8. The summed E-state index contributed by atoms with van der Waals surface area (Å²) in [6.45, 7) is -0.347. The number of nitrogens with one attached hydrogen (secondary N) is 1. The molecule has 9 nitrogen and oxygen atoms in total. The van der Waals surface area contributed by atoms with Crippen molar-refractivity contribution in [2.75, 3.05) is 12.1 Å². The van der Waals surface area contributed by atoms with Gasteiger partial charge < -0.3 is 14.8 Å². The van der Waals surface area contributed by atoms with Gasteiger partial charge in [-0.1, -0.05) is 18.2 Å². The van der Waals surface area contributed by atoms with Crippen LogP contribution in [0.2, 0.25) is 0 Å². The van der Waals surface area contributed by atoms with E-state index >= 15 is 0 Å². The first-order valence-corrected chi connectivity index (χ1v) is 9.99. The van der Waals surface area contributed by atoms with Gasteiger partial charge in [0.05, 0.1) is 4.90 Å². The molecule has 0 atom stereocenters. The lowest BCUT2D eigenvalue weighted by atomic mass is 10.3. The van der Waals surface area contributed by atoms with Gasteiger partial charge >= 0.3 is 0 Å². The van der Waals surface area contributed by atoms with Crippen molar-refractivity contribution in [3.05, 3.63) is 71.0 Å². The Morgan fingerprint density at radius 1 is 1.03 bits per heavy atom. The zero-order chi connectivity index (χ0) is 20.4. The third-order valence-electron chi connectivity index (χ3n) is 4.12. The number of nitrogens with zero attached hydrogens (tertiary/aromatic N) is 2. The topological polar surface area (TPSA) is 117 Å². The second-order valence-electron chi connectivity index (χ2n) is 6.10. The average Bonchev–Trinajstić information content (AvgIpc) is 3.18. The van der Waals surface area contributed by atoms with Crippen LogP contribution >= 0.6 is 0 Å². The van der Waals surface area contributed by atoms with Crippen LogP contribution in [0.3, 0.4) is 0 Å². The van der Waals surface area contributed by atoms with Crippen molar-refractivity contribution >= 4 is 21.4 Å². The monoisotopic (exact) mass is 413 g/mol. The highest BCUT2D eigenvalue weighted by Gasteiger charge is 2.21. The van der Waals surface area contributed by atoms with Crippen LogP contribution < -0.4 is 20.3 Å². The van der Waals surface area contributed by atoms with Crippen LogP contribution in [0.25, 0.3) is 0 Å². The molecule has 1 N–H and O–H groups in total. The minimum Gasteiger partial charge on any atom is -0.454 e. The molecule has 148 valence electrons. The number of carbonyl (C=O) groups is 1. The van der Waals surface area contributed by atoms with Gasteiger partial charge in [-0.15, -0.1) is 0 Å². The number of amides is 1. The summed E-state index contributed by atoms with van der Waals surface area (Å²) in [5, 5.41) is 6.16. The van der Waals surface area contributed by atoms with Crippen molar-refractivity contribution in [1.29, 1.82) is 0 Å². The number of aromatic nitrogens is 2. The number of carbonyl (C=O) groups excluding carboxylic acids is 1. The Labute approximate surface area is 165 Å². The van der Waals surface area contributed by atoms with Gasteiger partial charge in [0.2, 0.25) is 22.5 Å². The minimum absolute atomic E-state index is 0.0440. The Morgan fingerprint density at radius 2 is 1.79 bits per heavy atom. The minimum atomic E-state index is -3.91. The molecule has 0 saturated heterocycles. The van der Waals surface area contributed by atoms with Crippen LogP contribution in [0.1, 0.15) is 0 Å². The maximum atomic E-state index is 12.7. The second-order valence-corrected chi connectivity index (χ2v) is 8.00. The molecule has 0 spiro atoms. The van der Waals surface area contributed by atoms with Crippen molar-refractivity contribution in [3.63, 3.8) is 0 Å². The van der Waals surface area contributed by atoms with E-state index in [-0.39, 0.29) is 16.7 Å². The van der Waals surface area contributed by atoms with E-state index in [1.807, 2.05) is 0 Å². The van der Waals surface area contributed by atoms with Crippen LogP contribution in [0, 0.1) is 0 Å². The van der Waals surface area contributed by atoms with Gasteiger partial charge in [-0.3, -0.25) is 9.59 Å². The SMILES string of the molecule is O=C(Cn1nc(S(=O)(=O)c2ccccc2)ccc1=O)Nc1ccc2c(c1)OCO2. The van der Waals surface area contributed by atoms with E-state index in [4.69, 9.17) is 9.47 Å². The summed E-state index contributed by atoms with van der Waals surface area (Å²) < 4.78 is 36.6. The Hall–Kier alpha value is -3.66. The first-order chi connectivity index (χ1) is 13.9. The molecule has 1 aliphatic rings. The number of rotatable bonds is 5. The number of fused-ring (bicyclic) bond motifs is 1. The van der Waals surface area contributed by atoms with E-state index in [1.54, 1.807) is 36.4 Å². The van der Waals surface area contributed by atoms with Gasteiger partial charge in [0.15, 0.2) is 16.5 Å². The van der Waals surface area contributed by atoms with Crippen molar-refractivity contribution < 1.29 is 22.7 Å². The normalized spacial score (nSPS) is 12.6. The van der Waals surface area contributed by atoms with E-state index < -0.39 is 27.8 Å². The summed E-state index contributed by atoms with van der Waals surface area (Å²) in [6.07, 6.45) is 0. The lowest BCUT2D eigenvalue weighted by molar-refractivity contribution is -0.117. The summed E-state index contributed by atoms with van der Waals surface area (Å²) in [4.78, 5) is 24.4. The molecule has 0 saturated carbocycles. The molecule has 0 fully saturated rings. The summed E-state index contributed by atoms with van der Waals surface area (Å²) in [5.74, 6) is 0.515. The zero-order valence-electron chi connectivity index (χ0n) is 14.9. The second kappa shape index (κ2) is 7.40. The maximum absolute atomic E-state index is 12.7. The van der Waals surface area contributed by atoms with E-state index in [0.29, 0.717) is 17.2 Å². The molecule has 3 aromatic rings. The number of sulfone groups is 1. The molecule has 0 aliphatic carbocycles. The summed E-state index contributed by atoms with van der Waals surface area (Å²) >= 11 is 0. The van der Waals surface area contributed by atoms with E-state index in [2.05, 4.69) is 10.4 Å². The fraction of sp³-hybridized carbons (Fsp3) is 0.105. The predicted octanol–water partition coefficient (Wildman–Crippen LogP) is 1.44. The van der Waals surface area contributed by atoms with Gasteiger partial charge in [0, 0.05) is 17.8 Å². The molecule has 29 heavy (non-hydrogen) atoms. The van der Waals surface area contributed by atoms with Crippen molar-refractivity contribution in [2.45, 2.75) is 16.5 Å². The molecule has 10 heteroatoms. The van der Waals surface area contributed by atoms with Gasteiger partial charge in [-0.25, -0.2) is 13.1 Å². The van der Waals surface area contributed by atoms with Crippen LogP contribution in [0.5, 0.6) is 11.5 Å². The Morgan fingerprint density at radius 3 is 2.59 bits per heavy atom. The number of ether oxygens (including phenoxy) is 2. The molecule has 2 aromatic carbocycles. The van der Waals surface area contributed by atoms with Gasteiger partial charge in [0.1, 0.15) is 6.54 Å². The summed E-state index contributed by atoms with van der Waals surface area (Å²) in [5.41, 5.74) is -0.154. The quantitative estimate of drug-likeness (QED) is 0.673. The van der Waals surface area contributed by atoms with E-state index in [1.165, 1.54) is 12.1 Å². The molecule has 1 aromatic heterocycles. The Kier molecular flexibility index (Phi) is 4.77. The predicted molar refractivity (Wildman–Crippen MR) is 102 cm³/mol. The lowest BCUT2D eigenvalue weighted by Gasteiger charge is -2.09. The fourth-order valence-electron chi connectivity index (χ4n) is 2.72. The average molecular weight is 413 g/mol. The molecule has 0 unspecified atom stereocenters. The third-order valence-corrected chi connectivity index (χ3v) is 5.78. The highest BCUT2D eigenvalue weighted by atomic mass is 32.2. The van der Waals surface area contributed by atoms with Crippen LogP contribution in [0.15, 0.2) is 75.4 Å². The fourth-order valence-corrected chi connectivity index (χ4v) is 3.93. The lowest BCUT2D eigenvalue weighted by Crippen LogP contribution is -2.30. The number of hydrogen-bond acceptors (Lipinski definition) is 7. The standard InChI is InChI=1S/C19H15N3O6S/c23-17(20-13-6-7-15-16(10-13)28-12-27-15)11-22-19(24)9-8-18(21-22)29(25,26)14-4-2-1-3-5-14/h1-10H,11-12H2,(H,20,23). The zero-order valence-corrected chi connectivity index (χ0v) is 15.8. The van der Waals surface area contributed by atoms with Crippen molar-refractivity contribution in [1.82, 2.24) is 9.78 Å². The maximum Gasteiger partial charge on any atom is 0.267 e. The number of anilines is 1. The first kappa shape index (κ1) is 18.7. The van der Waals surface area contributed by atoms with Crippen LogP contribution in [-0.2, 0) is 21.2 Å². The Balaban J connectivity index is 1.55. The third kappa shape index (κ3) is 3.83. The van der Waals surface area contributed by atoms with Crippen molar-refractivity contribution in [3.8, 4) is 11.5 Å². The molecule has 2 heterocycles. The van der Waals surface area contributed by atoms with E-state index in [9.17, 15) is 18.0 Å². The highest BCUT2D eigenvalue weighted by molar-refractivity contribution is 7.91. The van der Waals surface area contributed by atoms with Gasteiger partial charge in [0.25, 0.3) is 5.56 Å². The van der Waals surface area contributed by atoms with Gasteiger partial charge in [-0.2, -0.15) is 5.10 Å². The van der Waals surface area contributed by atoms with E-state index in [0.717, 1.165) is 16.8 Å². The van der Waals surface area contributed by atoms with Gasteiger partial charge in [-0.05, 0) is 30.3 Å². The molecule has 0 bridgehead atoms. The highest BCUT2D eigenvalue weighted by Crippen LogP contribution is 2.34. The molecule has 0 radical (unpaired) electrons. The van der Waals surface area contributed by atoms with Crippen molar-refractivity contribution in [2.24, 2.45) is 0 Å². The first-order valence-electron chi connectivity index (χ1n) is 8.51. The molecule has 4 rings (SSSR count). The molecule has 1 amide bonds. The molecular weight excluding hydrogens is 398 g/mol. The molecule has 1 aliphatic heterocycles. The van der Waals surface area contributed by atoms with Crippen LogP contribution in [-0.4, -0.2) is 30.9 Å². The Bertz CT molecular complexity index is 1240. The number of hydrogen-bond donors (Lipinski definition) is 1. The van der Waals surface area contributed by atoms with Crippen LogP contribution in [0.4, 0.5) is 5.69 Å². The molecular formula is C19H15N3O6S. The number of benzene rings is 2. The summed E-state index contributed by atoms with van der Waals surface area (Å²) in [7, 11) is -3.91.